The number of allylic oxidation sites excluding steroid dienone is 4. The molecule has 2 aliphatic rings. The standard InChI is InChI=1S/C52H39N3/c1-36-44(41-27-31-53-32-28-41)25-26-51(42-29-33-54-34-30-42)55-52(36)43-23-24-48(50(35-43)49-18-10-14-38-13-6-3-7-15-47(38)49)40-21-19-39(20-22-40)46-17-9-8-16-45(46)37-11-4-2-5-12-37/h2-14,16-25,27-36,44H,15H2,1H3/t36-,44?/m0/s1. The number of rotatable bonds is 7. The first-order chi connectivity index (χ1) is 27.2. The molecule has 0 bridgehead atoms. The van der Waals surface area contributed by atoms with Gasteiger partial charge in [0.05, 0.1) is 5.71 Å². The number of hydrogen-bond acceptors (Lipinski definition) is 3. The molecule has 1 aliphatic heterocycles. The largest absolute Gasteiger partial charge is 0.265 e. The average Bonchev–Trinajstić information content (AvgIpc) is 3.61. The van der Waals surface area contributed by atoms with Crippen LogP contribution >= 0.6 is 0 Å². The highest BCUT2D eigenvalue weighted by Gasteiger charge is 2.27. The van der Waals surface area contributed by atoms with Crippen LogP contribution in [0.5, 0.6) is 0 Å². The second-order valence-corrected chi connectivity index (χ2v) is 14.1. The van der Waals surface area contributed by atoms with Crippen LogP contribution in [0.3, 0.4) is 0 Å². The fourth-order valence-corrected chi connectivity index (χ4v) is 7.97. The number of benzene rings is 5. The molecule has 1 unspecified atom stereocenters. The van der Waals surface area contributed by atoms with Crippen molar-refractivity contribution in [3.63, 3.8) is 0 Å². The van der Waals surface area contributed by atoms with E-state index in [0.717, 1.165) is 29.0 Å². The molecular weight excluding hydrogens is 667 g/mol. The third kappa shape index (κ3) is 6.86. The lowest BCUT2D eigenvalue weighted by Gasteiger charge is -2.23. The van der Waals surface area contributed by atoms with E-state index in [1.807, 2.05) is 36.9 Å². The van der Waals surface area contributed by atoms with E-state index < -0.39 is 0 Å². The van der Waals surface area contributed by atoms with E-state index in [0.29, 0.717) is 0 Å². The van der Waals surface area contributed by atoms with Gasteiger partial charge in [-0.3, -0.25) is 9.97 Å². The molecule has 0 fully saturated rings. The highest BCUT2D eigenvalue weighted by Crippen LogP contribution is 2.41. The van der Waals surface area contributed by atoms with E-state index in [2.05, 4.69) is 180 Å². The van der Waals surface area contributed by atoms with Crippen LogP contribution in [-0.4, -0.2) is 15.7 Å². The SMILES string of the molecule is C[C@@H]1C(c2ccc(-c3ccc(-c4ccccc4-c4ccccc4)cc3)c(-c3cccc4c3CC=CC=C4)c2)=NC(c2ccncc2)=C=CC1c1ccncc1. The Morgan fingerprint density at radius 2 is 1.15 bits per heavy atom. The normalized spacial score (nSPS) is 16.1. The van der Waals surface area contributed by atoms with Gasteiger partial charge in [-0.15, -0.1) is 0 Å². The lowest BCUT2D eigenvalue weighted by molar-refractivity contribution is 0.681. The van der Waals surface area contributed by atoms with Crippen LogP contribution in [0.25, 0.3) is 56.3 Å². The van der Waals surface area contributed by atoms with Gasteiger partial charge in [-0.05, 0) is 110 Å². The van der Waals surface area contributed by atoms with Crippen molar-refractivity contribution >= 4 is 17.5 Å². The van der Waals surface area contributed by atoms with Crippen molar-refractivity contribution in [2.24, 2.45) is 10.9 Å². The monoisotopic (exact) mass is 705 g/mol. The van der Waals surface area contributed by atoms with Gasteiger partial charge in [-0.1, -0.05) is 146 Å². The van der Waals surface area contributed by atoms with Crippen LogP contribution in [0.2, 0.25) is 0 Å². The van der Waals surface area contributed by atoms with E-state index in [1.54, 1.807) is 0 Å². The fourth-order valence-electron chi connectivity index (χ4n) is 7.97. The van der Waals surface area contributed by atoms with E-state index >= 15 is 0 Å². The first-order valence-electron chi connectivity index (χ1n) is 18.9. The number of aromatic nitrogens is 2. The first kappa shape index (κ1) is 33.9. The van der Waals surface area contributed by atoms with Crippen molar-refractivity contribution in [2.45, 2.75) is 19.3 Å². The maximum Gasteiger partial charge on any atom is 0.112 e. The Bertz CT molecular complexity index is 2640. The lowest BCUT2D eigenvalue weighted by Crippen LogP contribution is -2.19. The van der Waals surface area contributed by atoms with Crippen molar-refractivity contribution < 1.29 is 0 Å². The molecule has 0 spiro atoms. The summed E-state index contributed by atoms with van der Waals surface area (Å²) in [5.41, 5.74) is 20.9. The summed E-state index contributed by atoms with van der Waals surface area (Å²) in [5.74, 6) is 0.134. The predicted octanol–water partition coefficient (Wildman–Crippen LogP) is 12.7. The summed E-state index contributed by atoms with van der Waals surface area (Å²) in [6.07, 6.45) is 19.2. The molecule has 0 radical (unpaired) electrons. The average molecular weight is 706 g/mol. The number of fused-ring (bicyclic) bond motifs is 1. The number of hydrogen-bond donors (Lipinski definition) is 0. The van der Waals surface area contributed by atoms with E-state index in [1.165, 1.54) is 61.2 Å². The van der Waals surface area contributed by atoms with Gasteiger partial charge in [0.1, 0.15) is 5.70 Å². The summed E-state index contributed by atoms with van der Waals surface area (Å²) in [6.45, 7) is 2.28. The summed E-state index contributed by atoms with van der Waals surface area (Å²) in [5, 5.41) is 0. The summed E-state index contributed by atoms with van der Waals surface area (Å²) >= 11 is 0. The molecule has 5 aromatic carbocycles. The smallest absolute Gasteiger partial charge is 0.112 e. The van der Waals surface area contributed by atoms with E-state index in [-0.39, 0.29) is 11.8 Å². The quantitative estimate of drug-likeness (QED) is 0.155. The fraction of sp³-hybridized carbons (Fsp3) is 0.0769. The predicted molar refractivity (Wildman–Crippen MR) is 228 cm³/mol. The number of aliphatic imine (C=N–C) groups is 1. The summed E-state index contributed by atoms with van der Waals surface area (Å²) in [7, 11) is 0. The molecule has 7 aromatic rings. The zero-order valence-corrected chi connectivity index (χ0v) is 30.7. The molecule has 0 N–H and O–H groups in total. The van der Waals surface area contributed by atoms with Gasteiger partial charge in [-0.2, -0.15) is 0 Å². The highest BCUT2D eigenvalue weighted by molar-refractivity contribution is 6.07. The zero-order valence-electron chi connectivity index (χ0n) is 30.7. The van der Waals surface area contributed by atoms with Crippen molar-refractivity contribution in [3.8, 4) is 44.5 Å². The Kier molecular flexibility index (Phi) is 9.36. The van der Waals surface area contributed by atoms with Gasteiger partial charge < -0.3 is 0 Å². The molecule has 1 aliphatic carbocycles. The minimum absolute atomic E-state index is 0.0654. The maximum absolute atomic E-state index is 5.42. The number of nitrogens with zero attached hydrogens (tertiary/aromatic N) is 3. The van der Waals surface area contributed by atoms with Crippen LogP contribution < -0.4 is 0 Å². The third-order valence-electron chi connectivity index (χ3n) is 10.8. The molecule has 3 heterocycles. The van der Waals surface area contributed by atoms with Gasteiger partial charge in [0.25, 0.3) is 0 Å². The second-order valence-electron chi connectivity index (χ2n) is 14.1. The summed E-state index contributed by atoms with van der Waals surface area (Å²) in [4.78, 5) is 14.0. The van der Waals surface area contributed by atoms with Crippen LogP contribution in [0.4, 0.5) is 0 Å². The molecule has 9 rings (SSSR count). The van der Waals surface area contributed by atoms with Crippen molar-refractivity contribution in [2.75, 3.05) is 0 Å². The van der Waals surface area contributed by atoms with Crippen LogP contribution in [0.15, 0.2) is 199 Å². The third-order valence-corrected chi connectivity index (χ3v) is 10.8. The van der Waals surface area contributed by atoms with Gasteiger partial charge in [0.15, 0.2) is 0 Å². The van der Waals surface area contributed by atoms with E-state index in [9.17, 15) is 0 Å². The Balaban J connectivity index is 1.20. The minimum atomic E-state index is 0.0654. The molecule has 0 amide bonds. The first-order valence-corrected chi connectivity index (χ1v) is 18.9. The van der Waals surface area contributed by atoms with Crippen LogP contribution in [0.1, 0.15) is 40.7 Å². The van der Waals surface area contributed by atoms with E-state index in [4.69, 9.17) is 4.99 Å². The molecule has 2 aromatic heterocycles. The molecule has 0 saturated carbocycles. The van der Waals surface area contributed by atoms with Gasteiger partial charge in [0, 0.05) is 42.2 Å². The lowest BCUT2D eigenvalue weighted by atomic mass is 9.80. The Morgan fingerprint density at radius 3 is 1.87 bits per heavy atom. The minimum Gasteiger partial charge on any atom is -0.265 e. The van der Waals surface area contributed by atoms with Gasteiger partial charge >= 0.3 is 0 Å². The zero-order chi connectivity index (χ0) is 37.0. The van der Waals surface area contributed by atoms with Gasteiger partial charge in [-0.25, -0.2) is 4.99 Å². The van der Waals surface area contributed by atoms with Crippen molar-refractivity contribution in [3.05, 3.63) is 222 Å². The molecule has 262 valence electrons. The summed E-state index contributed by atoms with van der Waals surface area (Å²) in [6, 6.07) is 50.2. The Hall–Kier alpha value is -6.93. The van der Waals surface area contributed by atoms with Crippen LogP contribution in [-0.2, 0) is 6.42 Å². The van der Waals surface area contributed by atoms with Gasteiger partial charge in [0.2, 0.25) is 0 Å². The molecule has 0 saturated heterocycles. The molecular formula is C52H39N3. The molecule has 2 atom stereocenters. The highest BCUT2D eigenvalue weighted by atomic mass is 14.8. The maximum atomic E-state index is 5.42. The second kappa shape index (κ2) is 15.2. The van der Waals surface area contributed by atoms with Crippen LogP contribution in [0, 0.1) is 5.92 Å². The topological polar surface area (TPSA) is 38.1 Å². The van der Waals surface area contributed by atoms with Crippen molar-refractivity contribution in [1.82, 2.24) is 9.97 Å². The summed E-state index contributed by atoms with van der Waals surface area (Å²) < 4.78 is 0. The molecule has 3 heteroatoms. The Morgan fingerprint density at radius 1 is 0.527 bits per heavy atom. The molecule has 55 heavy (non-hydrogen) atoms. The molecule has 3 nitrogen and oxygen atoms in total. The van der Waals surface area contributed by atoms with Crippen molar-refractivity contribution in [1.29, 1.82) is 0 Å². The Labute approximate surface area is 323 Å². The number of pyridine rings is 2.